The van der Waals surface area contributed by atoms with Crippen LogP contribution < -0.4 is 5.32 Å². The van der Waals surface area contributed by atoms with Crippen molar-refractivity contribution in [3.8, 4) is 0 Å². The Labute approximate surface area is 111 Å². The van der Waals surface area contributed by atoms with Gasteiger partial charge in [0.05, 0.1) is 5.60 Å². The van der Waals surface area contributed by atoms with Crippen LogP contribution in [0.4, 0.5) is 0 Å². The summed E-state index contributed by atoms with van der Waals surface area (Å²) in [6, 6.07) is 0.478. The third-order valence-electron chi connectivity index (χ3n) is 3.24. The van der Waals surface area contributed by atoms with Crippen molar-refractivity contribution in [2.45, 2.75) is 38.3 Å². The number of aliphatic hydroxyl groups is 1. The van der Waals surface area contributed by atoms with Gasteiger partial charge in [-0.25, -0.2) is 0 Å². The van der Waals surface area contributed by atoms with Crippen LogP contribution in [-0.2, 0) is 4.74 Å². The average Bonchev–Trinajstić information content (AvgIpc) is 2.26. The van der Waals surface area contributed by atoms with E-state index in [2.05, 4.69) is 30.6 Å². The second-order valence-electron chi connectivity index (χ2n) is 5.79. The molecular weight excluding hydrogens is 228 g/mol. The van der Waals surface area contributed by atoms with E-state index in [1.807, 2.05) is 7.05 Å². The fraction of sp³-hybridized carbons (Fsp3) is 0.857. The summed E-state index contributed by atoms with van der Waals surface area (Å²) in [5, 5.41) is 13.8. The van der Waals surface area contributed by atoms with Crippen LogP contribution in [0.25, 0.3) is 0 Å². The molecule has 2 N–H and O–H groups in total. The summed E-state index contributed by atoms with van der Waals surface area (Å²) in [5.41, 5.74) is 0.570. The van der Waals surface area contributed by atoms with E-state index in [0.717, 1.165) is 31.5 Å². The van der Waals surface area contributed by atoms with Gasteiger partial charge in [-0.15, -0.1) is 0 Å². The lowest BCUT2D eigenvalue weighted by atomic mass is 9.94. The van der Waals surface area contributed by atoms with Crippen LogP contribution in [0.1, 0.15) is 26.7 Å². The topological polar surface area (TPSA) is 44.7 Å². The molecular formula is C14H28N2O2. The Morgan fingerprint density at radius 1 is 1.44 bits per heavy atom. The van der Waals surface area contributed by atoms with Crippen molar-refractivity contribution < 1.29 is 9.84 Å². The number of rotatable bonds is 7. The maximum Gasteiger partial charge on any atom is 0.0817 e. The van der Waals surface area contributed by atoms with Crippen molar-refractivity contribution in [1.82, 2.24) is 10.2 Å². The zero-order chi connectivity index (χ0) is 13.6. The van der Waals surface area contributed by atoms with Gasteiger partial charge in [0.25, 0.3) is 0 Å². The fourth-order valence-corrected chi connectivity index (χ4v) is 2.25. The lowest BCUT2D eigenvalue weighted by Gasteiger charge is -2.35. The number of nitrogens with zero attached hydrogens (tertiary/aromatic N) is 1. The average molecular weight is 256 g/mol. The lowest BCUT2D eigenvalue weighted by molar-refractivity contribution is -0.0759. The molecule has 1 aliphatic heterocycles. The van der Waals surface area contributed by atoms with Gasteiger partial charge >= 0.3 is 0 Å². The van der Waals surface area contributed by atoms with Crippen molar-refractivity contribution in [2.75, 3.05) is 39.9 Å². The molecule has 0 amide bonds. The number of ether oxygens (including phenoxy) is 1. The highest BCUT2D eigenvalue weighted by atomic mass is 16.5. The van der Waals surface area contributed by atoms with Gasteiger partial charge in [-0.1, -0.05) is 20.4 Å². The SMILES string of the molecule is C=C(CNC(C)C)CN(C)CC1(O)CCOCC1. The first-order valence-electron chi connectivity index (χ1n) is 6.80. The van der Waals surface area contributed by atoms with Crippen molar-refractivity contribution in [3.05, 3.63) is 12.2 Å². The molecule has 106 valence electrons. The summed E-state index contributed by atoms with van der Waals surface area (Å²) in [4.78, 5) is 2.15. The van der Waals surface area contributed by atoms with Crippen LogP contribution >= 0.6 is 0 Å². The minimum Gasteiger partial charge on any atom is -0.388 e. The van der Waals surface area contributed by atoms with Crippen LogP contribution in [0.15, 0.2) is 12.2 Å². The van der Waals surface area contributed by atoms with Crippen LogP contribution in [0.2, 0.25) is 0 Å². The van der Waals surface area contributed by atoms with Gasteiger partial charge in [0.2, 0.25) is 0 Å². The molecule has 0 radical (unpaired) electrons. The summed E-state index contributed by atoms with van der Waals surface area (Å²) in [6.07, 6.45) is 1.46. The van der Waals surface area contributed by atoms with Gasteiger partial charge in [-0.05, 0) is 12.6 Å². The molecule has 1 fully saturated rings. The normalized spacial score (nSPS) is 19.4. The van der Waals surface area contributed by atoms with E-state index in [9.17, 15) is 5.11 Å². The molecule has 0 unspecified atom stereocenters. The number of hydrogen-bond donors (Lipinski definition) is 2. The Balaban J connectivity index is 2.27. The molecule has 0 aromatic heterocycles. The second-order valence-corrected chi connectivity index (χ2v) is 5.79. The summed E-state index contributed by atoms with van der Waals surface area (Å²) < 4.78 is 5.29. The number of hydrogen-bond acceptors (Lipinski definition) is 4. The van der Waals surface area contributed by atoms with Gasteiger partial charge in [-0.3, -0.25) is 4.90 Å². The lowest BCUT2D eigenvalue weighted by Crippen LogP contribution is -2.46. The molecule has 0 atom stereocenters. The minimum absolute atomic E-state index is 0.478. The highest BCUT2D eigenvalue weighted by Crippen LogP contribution is 2.21. The fourth-order valence-electron chi connectivity index (χ4n) is 2.25. The third kappa shape index (κ3) is 5.96. The number of likely N-dealkylation sites (N-methyl/N-ethyl adjacent to an activating group) is 1. The van der Waals surface area contributed by atoms with E-state index in [4.69, 9.17) is 4.74 Å². The molecule has 4 nitrogen and oxygen atoms in total. The molecule has 1 rings (SSSR count). The Bertz CT molecular complexity index is 261. The molecule has 0 aliphatic carbocycles. The van der Waals surface area contributed by atoms with E-state index < -0.39 is 5.60 Å². The molecule has 18 heavy (non-hydrogen) atoms. The molecule has 0 saturated carbocycles. The molecule has 1 heterocycles. The summed E-state index contributed by atoms with van der Waals surface area (Å²) in [5.74, 6) is 0. The predicted molar refractivity (Wildman–Crippen MR) is 74.8 cm³/mol. The first-order valence-corrected chi connectivity index (χ1v) is 6.80. The minimum atomic E-state index is -0.585. The van der Waals surface area contributed by atoms with E-state index in [1.165, 1.54) is 0 Å². The molecule has 0 spiro atoms. The highest BCUT2D eigenvalue weighted by molar-refractivity contribution is 5.00. The van der Waals surface area contributed by atoms with Crippen LogP contribution in [0, 0.1) is 0 Å². The van der Waals surface area contributed by atoms with Crippen molar-refractivity contribution in [2.24, 2.45) is 0 Å². The van der Waals surface area contributed by atoms with Gasteiger partial charge in [0.1, 0.15) is 0 Å². The zero-order valence-corrected chi connectivity index (χ0v) is 12.0. The van der Waals surface area contributed by atoms with E-state index in [1.54, 1.807) is 0 Å². The second kappa shape index (κ2) is 7.24. The van der Waals surface area contributed by atoms with E-state index in [0.29, 0.717) is 25.8 Å². The summed E-state index contributed by atoms with van der Waals surface area (Å²) >= 11 is 0. The first kappa shape index (κ1) is 15.6. The van der Waals surface area contributed by atoms with Crippen molar-refractivity contribution in [1.29, 1.82) is 0 Å². The molecule has 1 aliphatic rings. The van der Waals surface area contributed by atoms with Crippen LogP contribution in [-0.4, -0.2) is 61.5 Å². The zero-order valence-electron chi connectivity index (χ0n) is 12.0. The van der Waals surface area contributed by atoms with E-state index >= 15 is 0 Å². The van der Waals surface area contributed by atoms with Gasteiger partial charge < -0.3 is 15.2 Å². The molecule has 0 bridgehead atoms. The van der Waals surface area contributed by atoms with Crippen LogP contribution in [0.3, 0.4) is 0 Å². The van der Waals surface area contributed by atoms with Gasteiger partial charge in [0, 0.05) is 51.7 Å². The Kier molecular flexibility index (Phi) is 6.29. The molecule has 4 heteroatoms. The maximum atomic E-state index is 10.4. The number of nitrogens with one attached hydrogen (secondary N) is 1. The molecule has 0 aromatic carbocycles. The molecule has 0 aromatic rings. The van der Waals surface area contributed by atoms with E-state index in [-0.39, 0.29) is 0 Å². The largest absolute Gasteiger partial charge is 0.388 e. The Hall–Kier alpha value is -0.420. The molecule has 1 saturated heterocycles. The smallest absolute Gasteiger partial charge is 0.0817 e. The third-order valence-corrected chi connectivity index (χ3v) is 3.24. The van der Waals surface area contributed by atoms with Crippen molar-refractivity contribution >= 4 is 0 Å². The predicted octanol–water partition coefficient (Wildman–Crippen LogP) is 1.01. The Morgan fingerprint density at radius 3 is 2.61 bits per heavy atom. The van der Waals surface area contributed by atoms with Crippen LogP contribution in [0.5, 0.6) is 0 Å². The van der Waals surface area contributed by atoms with Gasteiger partial charge in [0.15, 0.2) is 0 Å². The highest BCUT2D eigenvalue weighted by Gasteiger charge is 2.30. The quantitative estimate of drug-likeness (QED) is 0.667. The summed E-state index contributed by atoms with van der Waals surface area (Å²) in [6.45, 7) is 12.0. The summed E-state index contributed by atoms with van der Waals surface area (Å²) in [7, 11) is 2.04. The van der Waals surface area contributed by atoms with Crippen molar-refractivity contribution in [3.63, 3.8) is 0 Å². The maximum absolute atomic E-state index is 10.4. The first-order chi connectivity index (χ1) is 8.41. The Morgan fingerprint density at radius 2 is 2.06 bits per heavy atom. The van der Waals surface area contributed by atoms with Gasteiger partial charge in [-0.2, -0.15) is 0 Å². The monoisotopic (exact) mass is 256 g/mol. The standard InChI is InChI=1S/C14H28N2O2/c1-12(2)15-9-13(3)10-16(4)11-14(17)5-7-18-8-6-14/h12,15,17H,3,5-11H2,1-2,4H3.